The summed E-state index contributed by atoms with van der Waals surface area (Å²) in [6.07, 6.45) is 10.8. The third kappa shape index (κ3) is 2.75. The van der Waals surface area contributed by atoms with E-state index in [4.69, 9.17) is 0 Å². The standard InChI is InChI=1S/C14H15N3/c1-10-5-4-6-13(8-7-11(10)2)14-9-15-17-12(3)16-14/h4-6,8-9H,2,7H2,1,3H3. The Hall–Kier alpha value is -2.03. The van der Waals surface area contributed by atoms with Gasteiger partial charge in [0.2, 0.25) is 0 Å². The van der Waals surface area contributed by atoms with Crippen molar-refractivity contribution in [1.29, 1.82) is 0 Å². The molecule has 0 bridgehead atoms. The summed E-state index contributed by atoms with van der Waals surface area (Å²) in [6, 6.07) is 0. The van der Waals surface area contributed by atoms with Crippen LogP contribution in [0.4, 0.5) is 0 Å². The van der Waals surface area contributed by atoms with Gasteiger partial charge in [0.25, 0.3) is 0 Å². The van der Waals surface area contributed by atoms with Crippen molar-refractivity contribution in [1.82, 2.24) is 15.2 Å². The summed E-state index contributed by atoms with van der Waals surface area (Å²) in [6.45, 7) is 7.96. The molecule has 1 heterocycles. The lowest BCUT2D eigenvalue weighted by Crippen LogP contribution is -1.97. The van der Waals surface area contributed by atoms with Gasteiger partial charge in [-0.1, -0.05) is 30.9 Å². The molecule has 1 aliphatic carbocycles. The summed E-state index contributed by atoms with van der Waals surface area (Å²) in [5.41, 5.74) is 4.27. The highest BCUT2D eigenvalue weighted by atomic mass is 15.1. The molecule has 0 fully saturated rings. The van der Waals surface area contributed by atoms with Gasteiger partial charge in [0.1, 0.15) is 5.82 Å². The molecule has 86 valence electrons. The first-order valence-corrected chi connectivity index (χ1v) is 5.57. The SMILES string of the molecule is C=C1CC=C(c2cnnc(C)n2)C=CC=C1C. The topological polar surface area (TPSA) is 38.7 Å². The zero-order valence-electron chi connectivity index (χ0n) is 10.1. The minimum absolute atomic E-state index is 0.685. The Morgan fingerprint density at radius 1 is 1.29 bits per heavy atom. The van der Waals surface area contributed by atoms with Crippen LogP contribution in [0, 0.1) is 6.92 Å². The van der Waals surface area contributed by atoms with Crippen LogP contribution in [-0.4, -0.2) is 15.2 Å². The van der Waals surface area contributed by atoms with Crippen molar-refractivity contribution in [2.75, 3.05) is 0 Å². The van der Waals surface area contributed by atoms with Gasteiger partial charge in [0, 0.05) is 0 Å². The van der Waals surface area contributed by atoms with E-state index >= 15 is 0 Å². The molecule has 0 radical (unpaired) electrons. The summed E-state index contributed by atoms with van der Waals surface area (Å²) in [5, 5.41) is 7.78. The average Bonchev–Trinajstić information content (AvgIpc) is 2.30. The van der Waals surface area contributed by atoms with E-state index in [1.807, 2.05) is 19.1 Å². The zero-order chi connectivity index (χ0) is 12.3. The number of aryl methyl sites for hydroxylation is 1. The fourth-order valence-corrected chi connectivity index (χ4v) is 1.60. The summed E-state index contributed by atoms with van der Waals surface area (Å²) >= 11 is 0. The lowest BCUT2D eigenvalue weighted by Gasteiger charge is -2.07. The third-order valence-corrected chi connectivity index (χ3v) is 2.71. The molecule has 0 aromatic carbocycles. The molecule has 1 aromatic heterocycles. The minimum Gasteiger partial charge on any atom is -0.230 e. The second kappa shape index (κ2) is 4.87. The van der Waals surface area contributed by atoms with Gasteiger partial charge in [0.05, 0.1) is 11.9 Å². The largest absolute Gasteiger partial charge is 0.230 e. The van der Waals surface area contributed by atoms with Crippen LogP contribution < -0.4 is 0 Å². The number of rotatable bonds is 1. The average molecular weight is 225 g/mol. The minimum atomic E-state index is 0.685. The van der Waals surface area contributed by atoms with Crippen LogP contribution >= 0.6 is 0 Å². The van der Waals surface area contributed by atoms with Crippen LogP contribution in [0.5, 0.6) is 0 Å². The molecular formula is C14H15N3. The number of allylic oxidation sites excluding steroid dienone is 7. The third-order valence-electron chi connectivity index (χ3n) is 2.71. The van der Waals surface area contributed by atoms with Crippen LogP contribution in [0.25, 0.3) is 5.57 Å². The lowest BCUT2D eigenvalue weighted by atomic mass is 10.00. The molecule has 0 spiro atoms. The van der Waals surface area contributed by atoms with Crippen LogP contribution in [0.1, 0.15) is 24.9 Å². The van der Waals surface area contributed by atoms with Gasteiger partial charge in [0.15, 0.2) is 0 Å². The maximum absolute atomic E-state index is 4.37. The monoisotopic (exact) mass is 225 g/mol. The van der Waals surface area contributed by atoms with E-state index in [1.54, 1.807) is 6.20 Å². The molecule has 3 nitrogen and oxygen atoms in total. The normalized spacial score (nSPS) is 16.0. The predicted octanol–water partition coefficient (Wildman–Crippen LogP) is 3.03. The van der Waals surface area contributed by atoms with Crippen molar-refractivity contribution in [3.8, 4) is 0 Å². The molecule has 0 aliphatic heterocycles. The Morgan fingerprint density at radius 3 is 2.88 bits per heavy atom. The second-order valence-corrected chi connectivity index (χ2v) is 4.06. The maximum atomic E-state index is 4.37. The van der Waals surface area contributed by atoms with Crippen molar-refractivity contribution >= 4 is 5.57 Å². The Labute approximate surface area is 101 Å². The molecule has 17 heavy (non-hydrogen) atoms. The lowest BCUT2D eigenvalue weighted by molar-refractivity contribution is 0.897. The molecule has 0 atom stereocenters. The fraction of sp³-hybridized carbons (Fsp3) is 0.214. The van der Waals surface area contributed by atoms with Gasteiger partial charge in [-0.15, -0.1) is 5.10 Å². The van der Waals surface area contributed by atoms with E-state index < -0.39 is 0 Å². The Kier molecular flexibility index (Phi) is 3.28. The first kappa shape index (κ1) is 11.5. The fourth-order valence-electron chi connectivity index (χ4n) is 1.60. The summed E-state index contributed by atoms with van der Waals surface area (Å²) in [7, 11) is 0. The van der Waals surface area contributed by atoms with E-state index in [2.05, 4.69) is 40.8 Å². The van der Waals surface area contributed by atoms with Crippen LogP contribution in [-0.2, 0) is 0 Å². The van der Waals surface area contributed by atoms with Crippen LogP contribution in [0.3, 0.4) is 0 Å². The van der Waals surface area contributed by atoms with Crippen molar-refractivity contribution in [2.45, 2.75) is 20.3 Å². The molecule has 0 saturated carbocycles. The Morgan fingerprint density at radius 2 is 2.12 bits per heavy atom. The van der Waals surface area contributed by atoms with E-state index in [-0.39, 0.29) is 0 Å². The smallest absolute Gasteiger partial charge is 0.148 e. The quantitative estimate of drug-likeness (QED) is 0.737. The van der Waals surface area contributed by atoms with Gasteiger partial charge in [-0.2, -0.15) is 5.10 Å². The van der Waals surface area contributed by atoms with E-state index in [9.17, 15) is 0 Å². The molecule has 2 rings (SSSR count). The Balaban J connectivity index is 2.37. The number of hydrogen-bond donors (Lipinski definition) is 0. The molecule has 0 unspecified atom stereocenters. The number of aromatic nitrogens is 3. The second-order valence-electron chi connectivity index (χ2n) is 4.06. The molecule has 0 amide bonds. The highest BCUT2D eigenvalue weighted by Crippen LogP contribution is 2.21. The molecule has 3 heteroatoms. The zero-order valence-corrected chi connectivity index (χ0v) is 10.1. The highest BCUT2D eigenvalue weighted by molar-refractivity contribution is 5.72. The summed E-state index contributed by atoms with van der Waals surface area (Å²) in [5.74, 6) is 0.685. The summed E-state index contributed by atoms with van der Waals surface area (Å²) < 4.78 is 0. The number of hydrogen-bond acceptors (Lipinski definition) is 3. The van der Waals surface area contributed by atoms with E-state index in [0.29, 0.717) is 5.82 Å². The molecule has 0 N–H and O–H groups in total. The van der Waals surface area contributed by atoms with E-state index in [1.165, 1.54) is 5.57 Å². The first-order valence-electron chi connectivity index (χ1n) is 5.57. The summed E-state index contributed by atoms with van der Waals surface area (Å²) in [4.78, 5) is 4.37. The maximum Gasteiger partial charge on any atom is 0.148 e. The predicted molar refractivity (Wildman–Crippen MR) is 69.2 cm³/mol. The van der Waals surface area contributed by atoms with Gasteiger partial charge in [-0.05, 0) is 37.0 Å². The highest BCUT2D eigenvalue weighted by Gasteiger charge is 2.04. The van der Waals surface area contributed by atoms with Crippen molar-refractivity contribution in [2.24, 2.45) is 0 Å². The molecule has 1 aromatic rings. The van der Waals surface area contributed by atoms with Crippen LogP contribution in [0.15, 0.2) is 48.2 Å². The van der Waals surface area contributed by atoms with Gasteiger partial charge >= 0.3 is 0 Å². The van der Waals surface area contributed by atoms with Gasteiger partial charge in [-0.25, -0.2) is 4.98 Å². The number of nitrogens with zero attached hydrogens (tertiary/aromatic N) is 3. The molecular weight excluding hydrogens is 210 g/mol. The van der Waals surface area contributed by atoms with Crippen molar-refractivity contribution in [3.05, 3.63) is 59.7 Å². The Bertz CT molecular complexity index is 536. The van der Waals surface area contributed by atoms with Crippen molar-refractivity contribution < 1.29 is 0 Å². The van der Waals surface area contributed by atoms with E-state index in [0.717, 1.165) is 23.3 Å². The van der Waals surface area contributed by atoms with Crippen LogP contribution in [0.2, 0.25) is 0 Å². The molecule has 0 saturated heterocycles. The molecule has 1 aliphatic rings. The first-order chi connectivity index (χ1) is 8.16. The van der Waals surface area contributed by atoms with Gasteiger partial charge < -0.3 is 0 Å². The van der Waals surface area contributed by atoms with Gasteiger partial charge in [-0.3, -0.25) is 0 Å². The van der Waals surface area contributed by atoms with Crippen molar-refractivity contribution in [3.63, 3.8) is 0 Å².